The smallest absolute Gasteiger partial charge is 0.310 e. The van der Waals surface area contributed by atoms with Crippen LogP contribution in [0.4, 0.5) is 0 Å². The summed E-state index contributed by atoms with van der Waals surface area (Å²) in [4.78, 5) is 22.3. The Morgan fingerprint density at radius 2 is 1.57 bits per heavy atom. The van der Waals surface area contributed by atoms with Crippen molar-refractivity contribution in [2.24, 2.45) is 0 Å². The summed E-state index contributed by atoms with van der Waals surface area (Å²) in [5, 5.41) is 1.49. The van der Waals surface area contributed by atoms with Crippen molar-refractivity contribution in [2.75, 3.05) is 0 Å². The number of pyridine rings is 1. The summed E-state index contributed by atoms with van der Waals surface area (Å²) in [6.07, 6.45) is 1.72. The van der Waals surface area contributed by atoms with Gasteiger partial charge in [-0.05, 0) is 36.4 Å². The summed E-state index contributed by atoms with van der Waals surface area (Å²) in [5.41, 5.74) is 1.81. The first-order valence-corrected chi connectivity index (χ1v) is 8.90. The zero-order valence-electron chi connectivity index (χ0n) is 14.8. The third-order valence-electron chi connectivity index (χ3n) is 4.56. The third-order valence-corrected chi connectivity index (χ3v) is 4.56. The van der Waals surface area contributed by atoms with Gasteiger partial charge in [0.2, 0.25) is 0 Å². The number of fused-ring (bicyclic) bond motifs is 2. The fourth-order valence-electron chi connectivity index (χ4n) is 3.24. The van der Waals surface area contributed by atoms with Crippen LogP contribution in [0.5, 0.6) is 11.8 Å². The van der Waals surface area contributed by atoms with E-state index in [0.717, 1.165) is 5.39 Å². The molecule has 0 radical (unpaired) electrons. The van der Waals surface area contributed by atoms with Gasteiger partial charge in [-0.25, -0.2) is 4.57 Å². The van der Waals surface area contributed by atoms with Crippen molar-refractivity contribution >= 4 is 21.8 Å². The highest BCUT2D eigenvalue weighted by Crippen LogP contribution is 2.28. The van der Waals surface area contributed by atoms with Gasteiger partial charge in [-0.2, -0.15) is 4.98 Å². The van der Waals surface area contributed by atoms with Crippen LogP contribution in [0.3, 0.4) is 0 Å². The van der Waals surface area contributed by atoms with Crippen LogP contribution >= 0.6 is 0 Å². The number of hydrogen-bond acceptors (Lipinski definition) is 4. The quantitative estimate of drug-likeness (QED) is 0.464. The van der Waals surface area contributed by atoms with Crippen LogP contribution in [-0.4, -0.2) is 14.5 Å². The second-order valence-corrected chi connectivity index (χ2v) is 6.32. The predicted octanol–water partition coefficient (Wildman–Crippen LogP) is 4.73. The average molecular weight is 365 g/mol. The molecule has 0 aliphatic rings. The molecule has 2 heterocycles. The number of rotatable bonds is 3. The van der Waals surface area contributed by atoms with E-state index in [0.29, 0.717) is 27.9 Å². The molecular weight excluding hydrogens is 350 g/mol. The van der Waals surface area contributed by atoms with Gasteiger partial charge in [0.25, 0.3) is 5.56 Å². The number of hydrogen-bond donors (Lipinski definition) is 0. The molecular formula is C23H15N3O2. The van der Waals surface area contributed by atoms with E-state index in [4.69, 9.17) is 4.74 Å². The molecule has 28 heavy (non-hydrogen) atoms. The van der Waals surface area contributed by atoms with Crippen molar-refractivity contribution in [2.45, 2.75) is 0 Å². The molecule has 2 aromatic heterocycles. The van der Waals surface area contributed by atoms with Crippen LogP contribution in [0.2, 0.25) is 0 Å². The van der Waals surface area contributed by atoms with E-state index in [2.05, 4.69) is 9.97 Å². The molecule has 0 spiro atoms. The Kier molecular flexibility index (Phi) is 3.84. The molecule has 0 atom stereocenters. The van der Waals surface area contributed by atoms with Gasteiger partial charge in [-0.15, -0.1) is 0 Å². The Hall–Kier alpha value is -3.99. The predicted molar refractivity (Wildman–Crippen MR) is 109 cm³/mol. The molecule has 5 rings (SSSR count). The molecule has 5 aromatic rings. The summed E-state index contributed by atoms with van der Waals surface area (Å²) < 4.78 is 7.65. The van der Waals surface area contributed by atoms with Crippen LogP contribution in [0.15, 0.2) is 95.9 Å². The Morgan fingerprint density at radius 3 is 2.46 bits per heavy atom. The normalized spacial score (nSPS) is 11.0. The number of ether oxygens (including phenoxy) is 1. The van der Waals surface area contributed by atoms with Gasteiger partial charge in [0.1, 0.15) is 5.52 Å². The fraction of sp³-hybridized carbons (Fsp3) is 0. The first-order valence-electron chi connectivity index (χ1n) is 8.90. The summed E-state index contributed by atoms with van der Waals surface area (Å²) in [6, 6.07) is 26.3. The minimum absolute atomic E-state index is 0.181. The lowest BCUT2D eigenvalue weighted by molar-refractivity contribution is 0.431. The third kappa shape index (κ3) is 2.70. The second-order valence-electron chi connectivity index (χ2n) is 6.32. The zero-order valence-corrected chi connectivity index (χ0v) is 14.8. The SMILES string of the molecule is O=c1c2ccccc2nc(Oc2cccc3cccnc23)n1-c1ccccc1. The van der Waals surface area contributed by atoms with Crippen molar-refractivity contribution in [3.8, 4) is 17.4 Å². The average Bonchev–Trinajstić information content (AvgIpc) is 2.75. The highest BCUT2D eigenvalue weighted by molar-refractivity contribution is 5.84. The summed E-state index contributed by atoms with van der Waals surface area (Å²) in [6.45, 7) is 0. The summed E-state index contributed by atoms with van der Waals surface area (Å²) in [7, 11) is 0. The molecule has 3 aromatic carbocycles. The van der Waals surface area contributed by atoms with Crippen LogP contribution in [-0.2, 0) is 0 Å². The maximum absolute atomic E-state index is 13.2. The summed E-state index contributed by atoms with van der Waals surface area (Å²) in [5.74, 6) is 0.546. The zero-order chi connectivity index (χ0) is 18.9. The van der Waals surface area contributed by atoms with Gasteiger partial charge in [0.05, 0.1) is 16.6 Å². The largest absolute Gasteiger partial charge is 0.423 e. The van der Waals surface area contributed by atoms with Crippen molar-refractivity contribution in [1.82, 2.24) is 14.5 Å². The number of nitrogens with zero attached hydrogens (tertiary/aromatic N) is 3. The maximum Gasteiger partial charge on any atom is 0.310 e. The van der Waals surface area contributed by atoms with Crippen LogP contribution < -0.4 is 10.3 Å². The lowest BCUT2D eigenvalue weighted by Crippen LogP contribution is -2.21. The van der Waals surface area contributed by atoms with Crippen molar-refractivity contribution in [3.63, 3.8) is 0 Å². The molecule has 134 valence electrons. The first-order chi connectivity index (χ1) is 13.8. The number of para-hydroxylation sites is 3. The highest BCUT2D eigenvalue weighted by atomic mass is 16.5. The molecule has 0 saturated carbocycles. The summed E-state index contributed by atoms with van der Waals surface area (Å²) >= 11 is 0. The van der Waals surface area contributed by atoms with E-state index in [-0.39, 0.29) is 11.6 Å². The second kappa shape index (κ2) is 6.63. The molecule has 5 nitrogen and oxygen atoms in total. The molecule has 0 N–H and O–H groups in total. The minimum atomic E-state index is -0.181. The maximum atomic E-state index is 13.2. The van der Waals surface area contributed by atoms with Gasteiger partial charge in [0.15, 0.2) is 5.75 Å². The number of benzene rings is 3. The first kappa shape index (κ1) is 16.2. The van der Waals surface area contributed by atoms with Gasteiger partial charge in [-0.3, -0.25) is 9.78 Å². The lowest BCUT2D eigenvalue weighted by atomic mass is 10.2. The Labute approximate surface area is 160 Å². The van der Waals surface area contributed by atoms with Crippen LogP contribution in [0.25, 0.3) is 27.5 Å². The van der Waals surface area contributed by atoms with Gasteiger partial charge in [-0.1, -0.05) is 48.5 Å². The van der Waals surface area contributed by atoms with Crippen molar-refractivity contribution in [3.05, 3.63) is 101 Å². The Bertz CT molecular complexity index is 1360. The molecule has 0 aliphatic carbocycles. The van der Waals surface area contributed by atoms with Crippen LogP contribution in [0, 0.1) is 0 Å². The molecule has 5 heteroatoms. The standard InChI is InChI=1S/C23H15N3O2/c27-22-18-12-4-5-13-19(18)25-23(26(22)17-10-2-1-3-11-17)28-20-14-6-8-16-9-7-15-24-21(16)20/h1-15H. The molecule has 0 amide bonds. The van der Waals surface area contributed by atoms with E-state index < -0.39 is 0 Å². The van der Waals surface area contributed by atoms with E-state index in [1.807, 2.05) is 72.8 Å². The monoisotopic (exact) mass is 365 g/mol. The Morgan fingerprint density at radius 1 is 0.786 bits per heavy atom. The van der Waals surface area contributed by atoms with E-state index in [9.17, 15) is 4.79 Å². The van der Waals surface area contributed by atoms with Gasteiger partial charge >= 0.3 is 6.01 Å². The van der Waals surface area contributed by atoms with Crippen LogP contribution in [0.1, 0.15) is 0 Å². The fourth-order valence-corrected chi connectivity index (χ4v) is 3.24. The molecule has 0 fully saturated rings. The van der Waals surface area contributed by atoms with Gasteiger partial charge in [0, 0.05) is 11.6 Å². The van der Waals surface area contributed by atoms with E-state index in [1.165, 1.54) is 4.57 Å². The molecule has 0 saturated heterocycles. The molecule has 0 aliphatic heterocycles. The topological polar surface area (TPSA) is 57.0 Å². The van der Waals surface area contributed by atoms with E-state index >= 15 is 0 Å². The Balaban J connectivity index is 1.77. The van der Waals surface area contributed by atoms with Crippen molar-refractivity contribution in [1.29, 1.82) is 0 Å². The van der Waals surface area contributed by atoms with Crippen molar-refractivity contribution < 1.29 is 4.74 Å². The lowest BCUT2D eigenvalue weighted by Gasteiger charge is -2.14. The molecule has 0 unspecified atom stereocenters. The highest BCUT2D eigenvalue weighted by Gasteiger charge is 2.15. The van der Waals surface area contributed by atoms with Gasteiger partial charge < -0.3 is 4.74 Å². The minimum Gasteiger partial charge on any atom is -0.423 e. The molecule has 0 bridgehead atoms. The number of aromatic nitrogens is 3. The van der Waals surface area contributed by atoms with E-state index in [1.54, 1.807) is 18.3 Å².